The van der Waals surface area contributed by atoms with Gasteiger partial charge < -0.3 is 15.5 Å². The lowest BCUT2D eigenvalue weighted by molar-refractivity contribution is -0.139. The van der Waals surface area contributed by atoms with E-state index in [1.165, 1.54) is 13.0 Å². The summed E-state index contributed by atoms with van der Waals surface area (Å²) in [4.78, 5) is 29.1. The number of benzene rings is 3. The molecule has 0 aliphatic carbocycles. The van der Waals surface area contributed by atoms with Gasteiger partial charge in [-0.2, -0.15) is 5.26 Å². The second kappa shape index (κ2) is 10.9. The highest BCUT2D eigenvalue weighted by molar-refractivity contribution is 6.33. The number of halogens is 3. The van der Waals surface area contributed by atoms with E-state index < -0.39 is 41.2 Å². The molecule has 1 heterocycles. The summed E-state index contributed by atoms with van der Waals surface area (Å²) >= 11 is 6.40. The molecule has 10 heteroatoms. The minimum Gasteiger partial charge on any atom is -0.480 e. The summed E-state index contributed by atoms with van der Waals surface area (Å²) < 4.78 is 29.0. The molecule has 1 unspecified atom stereocenters. The number of carbonyl (C=O) groups is 2. The van der Waals surface area contributed by atoms with Crippen molar-refractivity contribution in [3.8, 4) is 17.2 Å². The normalized spacial score (nSPS) is 12.5. The highest BCUT2D eigenvalue weighted by Crippen LogP contribution is 2.35. The maximum absolute atomic E-state index is 14.5. The van der Waals surface area contributed by atoms with Gasteiger partial charge in [0, 0.05) is 34.2 Å². The third kappa shape index (κ3) is 5.32. The van der Waals surface area contributed by atoms with E-state index >= 15 is 0 Å². The van der Waals surface area contributed by atoms with Crippen LogP contribution >= 0.6 is 11.6 Å². The molecule has 0 bridgehead atoms. The van der Waals surface area contributed by atoms with E-state index in [-0.39, 0.29) is 12.0 Å². The molecule has 192 valence electrons. The Balaban J connectivity index is 1.68. The third-order valence-electron chi connectivity index (χ3n) is 6.05. The van der Waals surface area contributed by atoms with Crippen molar-refractivity contribution in [2.75, 3.05) is 0 Å². The zero-order valence-corrected chi connectivity index (χ0v) is 20.6. The molecule has 3 N–H and O–H groups in total. The van der Waals surface area contributed by atoms with E-state index in [4.69, 9.17) is 16.9 Å². The van der Waals surface area contributed by atoms with E-state index in [1.54, 1.807) is 42.6 Å². The molecule has 0 radical (unpaired) electrons. The summed E-state index contributed by atoms with van der Waals surface area (Å²) in [7, 11) is 0. The molecule has 1 aromatic heterocycles. The van der Waals surface area contributed by atoms with Crippen LogP contribution in [0.2, 0.25) is 5.02 Å². The number of aliphatic carboxylic acids is 1. The van der Waals surface area contributed by atoms with Crippen LogP contribution < -0.4 is 5.32 Å². The molecule has 0 aliphatic heterocycles. The third-order valence-corrected chi connectivity index (χ3v) is 6.36. The molecule has 3 aromatic carbocycles. The van der Waals surface area contributed by atoms with E-state index in [9.17, 15) is 28.6 Å². The van der Waals surface area contributed by atoms with Crippen molar-refractivity contribution in [1.29, 1.82) is 5.26 Å². The maximum Gasteiger partial charge on any atom is 0.326 e. The maximum atomic E-state index is 14.5. The Morgan fingerprint density at radius 3 is 2.39 bits per heavy atom. The van der Waals surface area contributed by atoms with E-state index in [2.05, 4.69) is 10.3 Å². The Labute approximate surface area is 220 Å². The Bertz CT molecular complexity index is 1600. The predicted octanol–water partition coefficient (Wildman–Crippen LogP) is 5.18. The van der Waals surface area contributed by atoms with Crippen molar-refractivity contribution in [3.05, 3.63) is 99.7 Å². The molecule has 1 amide bonds. The van der Waals surface area contributed by atoms with E-state index in [1.807, 2.05) is 6.07 Å². The van der Waals surface area contributed by atoms with Crippen molar-refractivity contribution in [2.24, 2.45) is 0 Å². The lowest BCUT2D eigenvalue weighted by Gasteiger charge is -2.18. The summed E-state index contributed by atoms with van der Waals surface area (Å²) in [5, 5.41) is 31.6. The number of aliphatic hydroxyl groups excluding tert-OH is 1. The Hall–Kier alpha value is -4.39. The zero-order chi connectivity index (χ0) is 27.6. The van der Waals surface area contributed by atoms with Gasteiger partial charge in [-0.15, -0.1) is 0 Å². The van der Waals surface area contributed by atoms with Crippen molar-refractivity contribution < 1.29 is 28.6 Å². The first-order chi connectivity index (χ1) is 18.1. The van der Waals surface area contributed by atoms with Gasteiger partial charge in [-0.25, -0.2) is 13.6 Å². The fourth-order valence-electron chi connectivity index (χ4n) is 4.13. The molecule has 38 heavy (non-hydrogen) atoms. The average Bonchev–Trinajstić information content (AvgIpc) is 2.88. The van der Waals surface area contributed by atoms with Gasteiger partial charge in [0.2, 0.25) is 0 Å². The number of carboxylic acid groups (broad SMARTS) is 1. The molecule has 2 atom stereocenters. The SMILES string of the molecule is CC(O)c1cc(F)c(C(=O)N[C@@H](Cc2ccc(-c3ccc(C#N)cc3Cl)c3ncccc23)C(=O)O)c(F)c1. The summed E-state index contributed by atoms with van der Waals surface area (Å²) in [5.74, 6) is -5.09. The number of pyridine rings is 1. The van der Waals surface area contributed by atoms with E-state index in [0.29, 0.717) is 38.2 Å². The van der Waals surface area contributed by atoms with Crippen LogP contribution in [0.1, 0.15) is 40.1 Å². The molecule has 0 saturated carbocycles. The van der Waals surface area contributed by atoms with Gasteiger partial charge in [-0.05, 0) is 48.4 Å². The number of hydrogen-bond donors (Lipinski definition) is 3. The Morgan fingerprint density at radius 2 is 1.79 bits per heavy atom. The van der Waals surface area contributed by atoms with Crippen LogP contribution in [-0.2, 0) is 11.2 Å². The topological polar surface area (TPSA) is 123 Å². The number of carboxylic acids is 1. The Kier molecular flexibility index (Phi) is 7.67. The number of carbonyl (C=O) groups excluding carboxylic acids is 1. The number of nitrogens with zero attached hydrogens (tertiary/aromatic N) is 2. The number of aromatic nitrogens is 1. The number of nitriles is 1. The second-order valence-corrected chi connectivity index (χ2v) is 8.99. The van der Waals surface area contributed by atoms with Gasteiger partial charge in [0.1, 0.15) is 23.2 Å². The molecule has 0 spiro atoms. The summed E-state index contributed by atoms with van der Waals surface area (Å²) in [5.41, 5.74) is 1.68. The van der Waals surface area contributed by atoms with Gasteiger partial charge in [-0.1, -0.05) is 35.9 Å². The highest BCUT2D eigenvalue weighted by atomic mass is 35.5. The van der Waals surface area contributed by atoms with Crippen molar-refractivity contribution in [2.45, 2.75) is 25.5 Å². The fourth-order valence-corrected chi connectivity index (χ4v) is 4.41. The van der Waals surface area contributed by atoms with E-state index in [0.717, 1.165) is 12.1 Å². The number of rotatable bonds is 7. The first kappa shape index (κ1) is 26.7. The van der Waals surface area contributed by atoms with Crippen LogP contribution in [0.3, 0.4) is 0 Å². The van der Waals surface area contributed by atoms with Crippen molar-refractivity contribution in [3.63, 3.8) is 0 Å². The highest BCUT2D eigenvalue weighted by Gasteiger charge is 2.27. The number of hydrogen-bond acceptors (Lipinski definition) is 5. The van der Waals surface area contributed by atoms with Crippen LogP contribution in [0.4, 0.5) is 8.78 Å². The molecule has 4 aromatic rings. The number of aliphatic hydroxyl groups is 1. The molecular formula is C28H20ClF2N3O4. The quantitative estimate of drug-likeness (QED) is 0.299. The average molecular weight is 536 g/mol. The van der Waals surface area contributed by atoms with Gasteiger partial charge >= 0.3 is 5.97 Å². The molecule has 0 aliphatic rings. The lowest BCUT2D eigenvalue weighted by atomic mass is 9.94. The second-order valence-electron chi connectivity index (χ2n) is 8.58. The molecule has 0 fully saturated rings. The van der Waals surface area contributed by atoms with Crippen LogP contribution in [0.25, 0.3) is 22.0 Å². The summed E-state index contributed by atoms with van der Waals surface area (Å²) in [6.07, 6.45) is 0.193. The number of amides is 1. The largest absolute Gasteiger partial charge is 0.480 e. The smallest absolute Gasteiger partial charge is 0.326 e. The molecule has 0 saturated heterocycles. The minimum atomic E-state index is -1.52. The zero-order valence-electron chi connectivity index (χ0n) is 19.9. The first-order valence-corrected chi connectivity index (χ1v) is 11.8. The van der Waals surface area contributed by atoms with Gasteiger partial charge in [0.15, 0.2) is 0 Å². The molecule has 7 nitrogen and oxygen atoms in total. The van der Waals surface area contributed by atoms with Crippen LogP contribution in [0.15, 0.2) is 60.8 Å². The van der Waals surface area contributed by atoms with Gasteiger partial charge in [0.25, 0.3) is 5.91 Å². The fraction of sp³-hybridized carbons (Fsp3) is 0.143. The predicted molar refractivity (Wildman–Crippen MR) is 136 cm³/mol. The summed E-state index contributed by atoms with van der Waals surface area (Å²) in [6, 6.07) is 13.7. The first-order valence-electron chi connectivity index (χ1n) is 11.4. The van der Waals surface area contributed by atoms with Gasteiger partial charge in [0.05, 0.1) is 23.3 Å². The summed E-state index contributed by atoms with van der Waals surface area (Å²) in [6.45, 7) is 1.31. The van der Waals surface area contributed by atoms with Crippen molar-refractivity contribution >= 4 is 34.4 Å². The monoisotopic (exact) mass is 535 g/mol. The van der Waals surface area contributed by atoms with Crippen LogP contribution in [0.5, 0.6) is 0 Å². The Morgan fingerprint density at radius 1 is 1.11 bits per heavy atom. The number of nitrogens with one attached hydrogen (secondary N) is 1. The van der Waals surface area contributed by atoms with Crippen LogP contribution in [0, 0.1) is 23.0 Å². The standard InChI is InChI=1S/C28H20ClF2N3O4/c1-14(35)17-10-22(30)25(23(31)11-17)27(36)34-24(28(37)38)12-16-5-7-20(26-18(16)3-2-8-33-26)19-6-4-15(13-32)9-21(19)29/h2-11,14,24,35H,12H2,1H3,(H,34,36)(H,37,38)/t14?,24-/m0/s1. The number of fused-ring (bicyclic) bond motifs is 1. The molecular weight excluding hydrogens is 516 g/mol. The van der Waals surface area contributed by atoms with Crippen molar-refractivity contribution in [1.82, 2.24) is 10.3 Å². The van der Waals surface area contributed by atoms with Gasteiger partial charge in [-0.3, -0.25) is 9.78 Å². The lowest BCUT2D eigenvalue weighted by Crippen LogP contribution is -2.43. The minimum absolute atomic E-state index is 0.0623. The molecule has 4 rings (SSSR count). The van der Waals surface area contributed by atoms with Crippen LogP contribution in [-0.4, -0.2) is 33.1 Å².